The Morgan fingerprint density at radius 1 is 1.32 bits per heavy atom. The Bertz CT molecular complexity index is 966. The summed E-state index contributed by atoms with van der Waals surface area (Å²) in [6, 6.07) is 7.07. The molecule has 8 heteroatoms. The minimum absolute atomic E-state index is 0.0507. The standard InChI is InChI=1S/C17H14Cl2N4O2/c1-9-12-4-10(2-3-15(12)25-22-9)17(24)21-11-7-23(8-11)14-5-16(19)20-6-13(14)18/h2-6,11H,7-8H2,1H3,(H,21,24). The third kappa shape index (κ3) is 3.03. The maximum absolute atomic E-state index is 12.5. The molecular weight excluding hydrogens is 363 g/mol. The second-order valence-corrected chi connectivity index (χ2v) is 6.81. The lowest BCUT2D eigenvalue weighted by Crippen LogP contribution is -2.59. The summed E-state index contributed by atoms with van der Waals surface area (Å²) in [4.78, 5) is 18.4. The molecule has 0 spiro atoms. The molecule has 3 aromatic rings. The maximum atomic E-state index is 12.5. The molecule has 128 valence electrons. The second-order valence-electron chi connectivity index (χ2n) is 6.01. The van der Waals surface area contributed by atoms with E-state index in [2.05, 4.69) is 15.5 Å². The molecule has 4 rings (SSSR count). The molecule has 1 saturated heterocycles. The number of aryl methyl sites for hydroxylation is 1. The van der Waals surface area contributed by atoms with E-state index < -0.39 is 0 Å². The summed E-state index contributed by atoms with van der Waals surface area (Å²) in [6.45, 7) is 3.18. The number of anilines is 1. The van der Waals surface area contributed by atoms with E-state index in [1.165, 1.54) is 6.20 Å². The fraction of sp³-hybridized carbons (Fsp3) is 0.235. The average Bonchev–Trinajstić information content (AvgIpc) is 2.93. The van der Waals surface area contributed by atoms with Gasteiger partial charge in [-0.2, -0.15) is 0 Å². The van der Waals surface area contributed by atoms with Crippen LogP contribution in [0.2, 0.25) is 10.2 Å². The van der Waals surface area contributed by atoms with Crippen molar-refractivity contribution in [2.24, 2.45) is 0 Å². The van der Waals surface area contributed by atoms with E-state index >= 15 is 0 Å². The van der Waals surface area contributed by atoms with Crippen LogP contribution in [-0.4, -0.2) is 35.2 Å². The maximum Gasteiger partial charge on any atom is 0.251 e. The number of carbonyl (C=O) groups excluding carboxylic acids is 1. The number of nitrogens with one attached hydrogen (secondary N) is 1. The van der Waals surface area contributed by atoms with Gasteiger partial charge in [0.25, 0.3) is 5.91 Å². The van der Waals surface area contributed by atoms with E-state index in [-0.39, 0.29) is 11.9 Å². The molecule has 0 radical (unpaired) electrons. The van der Waals surface area contributed by atoms with Gasteiger partial charge in [-0.05, 0) is 25.1 Å². The number of halogens is 2. The Labute approximate surface area is 153 Å². The topological polar surface area (TPSA) is 71.3 Å². The molecule has 1 amide bonds. The number of fused-ring (bicyclic) bond motifs is 1. The number of benzene rings is 1. The molecule has 6 nitrogen and oxygen atoms in total. The summed E-state index contributed by atoms with van der Waals surface area (Å²) in [5, 5.41) is 8.71. The highest BCUT2D eigenvalue weighted by molar-refractivity contribution is 6.34. The summed E-state index contributed by atoms with van der Waals surface area (Å²) in [7, 11) is 0. The van der Waals surface area contributed by atoms with Crippen LogP contribution in [0.25, 0.3) is 11.0 Å². The van der Waals surface area contributed by atoms with Crippen LogP contribution in [0.1, 0.15) is 16.1 Å². The highest BCUT2D eigenvalue weighted by Crippen LogP contribution is 2.30. The molecule has 25 heavy (non-hydrogen) atoms. The molecule has 3 heterocycles. The first-order valence-electron chi connectivity index (χ1n) is 7.74. The highest BCUT2D eigenvalue weighted by Gasteiger charge is 2.30. The zero-order chi connectivity index (χ0) is 17.6. The monoisotopic (exact) mass is 376 g/mol. The predicted molar refractivity (Wildman–Crippen MR) is 96.5 cm³/mol. The summed E-state index contributed by atoms with van der Waals surface area (Å²) in [6.07, 6.45) is 1.53. The molecular formula is C17H14Cl2N4O2. The highest BCUT2D eigenvalue weighted by atomic mass is 35.5. The van der Waals surface area contributed by atoms with E-state index in [1.54, 1.807) is 24.3 Å². The van der Waals surface area contributed by atoms with Crippen LogP contribution in [0.15, 0.2) is 35.0 Å². The number of rotatable bonds is 3. The van der Waals surface area contributed by atoms with Gasteiger partial charge in [-0.1, -0.05) is 28.4 Å². The Morgan fingerprint density at radius 2 is 2.12 bits per heavy atom. The molecule has 0 atom stereocenters. The van der Waals surface area contributed by atoms with Gasteiger partial charge in [0, 0.05) is 36.3 Å². The van der Waals surface area contributed by atoms with Crippen LogP contribution < -0.4 is 10.2 Å². The van der Waals surface area contributed by atoms with E-state index in [0.29, 0.717) is 34.4 Å². The van der Waals surface area contributed by atoms with Crippen molar-refractivity contribution >= 4 is 45.8 Å². The Hall–Kier alpha value is -2.31. The molecule has 2 aromatic heterocycles. The third-order valence-electron chi connectivity index (χ3n) is 4.27. The van der Waals surface area contributed by atoms with Gasteiger partial charge in [0.2, 0.25) is 0 Å². The molecule has 0 unspecified atom stereocenters. The van der Waals surface area contributed by atoms with Crippen molar-refractivity contribution in [1.29, 1.82) is 0 Å². The minimum atomic E-state index is -0.119. The number of nitrogens with zero attached hydrogens (tertiary/aromatic N) is 3. The van der Waals surface area contributed by atoms with Crippen LogP contribution in [0, 0.1) is 6.92 Å². The number of hydrogen-bond donors (Lipinski definition) is 1. The Morgan fingerprint density at radius 3 is 2.92 bits per heavy atom. The fourth-order valence-corrected chi connectivity index (χ4v) is 3.26. The molecule has 0 bridgehead atoms. The number of carbonyl (C=O) groups is 1. The lowest BCUT2D eigenvalue weighted by molar-refractivity contribution is 0.0930. The number of amides is 1. The SMILES string of the molecule is Cc1noc2ccc(C(=O)NC3CN(c4cc(Cl)ncc4Cl)C3)cc12. The molecule has 1 aromatic carbocycles. The van der Waals surface area contributed by atoms with Crippen LogP contribution in [0.4, 0.5) is 5.69 Å². The van der Waals surface area contributed by atoms with Crippen molar-refractivity contribution in [3.05, 3.63) is 51.9 Å². The van der Waals surface area contributed by atoms with Crippen LogP contribution >= 0.6 is 23.2 Å². The lowest BCUT2D eigenvalue weighted by Gasteiger charge is -2.41. The first kappa shape index (κ1) is 16.2. The van der Waals surface area contributed by atoms with Gasteiger partial charge < -0.3 is 14.7 Å². The summed E-state index contributed by atoms with van der Waals surface area (Å²) in [5.74, 6) is -0.119. The summed E-state index contributed by atoms with van der Waals surface area (Å²) < 4.78 is 5.16. The van der Waals surface area contributed by atoms with Crippen molar-refractivity contribution < 1.29 is 9.32 Å². The lowest BCUT2D eigenvalue weighted by atomic mass is 10.1. The zero-order valence-corrected chi connectivity index (χ0v) is 14.8. The fourth-order valence-electron chi connectivity index (χ4n) is 2.88. The molecule has 1 aliphatic rings. The van der Waals surface area contributed by atoms with Gasteiger partial charge >= 0.3 is 0 Å². The van der Waals surface area contributed by atoms with E-state index in [0.717, 1.165) is 16.8 Å². The smallest absolute Gasteiger partial charge is 0.251 e. The summed E-state index contributed by atoms with van der Waals surface area (Å²) >= 11 is 12.1. The van der Waals surface area contributed by atoms with E-state index in [9.17, 15) is 4.79 Å². The first-order chi connectivity index (χ1) is 12.0. The van der Waals surface area contributed by atoms with Crippen molar-refractivity contribution in [2.75, 3.05) is 18.0 Å². The van der Waals surface area contributed by atoms with Crippen molar-refractivity contribution in [3.8, 4) is 0 Å². The van der Waals surface area contributed by atoms with Crippen LogP contribution in [-0.2, 0) is 0 Å². The molecule has 0 aliphatic carbocycles. The Balaban J connectivity index is 1.42. The second kappa shape index (κ2) is 6.20. The zero-order valence-electron chi connectivity index (χ0n) is 13.3. The largest absolute Gasteiger partial charge is 0.366 e. The first-order valence-corrected chi connectivity index (χ1v) is 8.50. The van der Waals surface area contributed by atoms with Crippen LogP contribution in [0.3, 0.4) is 0 Å². The summed E-state index contributed by atoms with van der Waals surface area (Å²) in [5.41, 5.74) is 2.85. The van der Waals surface area contributed by atoms with Gasteiger partial charge in [0.15, 0.2) is 5.58 Å². The van der Waals surface area contributed by atoms with E-state index in [4.69, 9.17) is 27.7 Å². The van der Waals surface area contributed by atoms with Crippen molar-refractivity contribution in [1.82, 2.24) is 15.5 Å². The normalized spacial score (nSPS) is 14.6. The van der Waals surface area contributed by atoms with Gasteiger partial charge in [0.1, 0.15) is 5.15 Å². The van der Waals surface area contributed by atoms with Gasteiger partial charge in [-0.15, -0.1) is 0 Å². The van der Waals surface area contributed by atoms with Crippen molar-refractivity contribution in [2.45, 2.75) is 13.0 Å². The van der Waals surface area contributed by atoms with Gasteiger partial charge in [-0.25, -0.2) is 4.98 Å². The number of pyridine rings is 1. The Kier molecular flexibility index (Phi) is 4.01. The molecule has 1 aliphatic heterocycles. The molecule has 0 saturated carbocycles. The van der Waals surface area contributed by atoms with Gasteiger partial charge in [0.05, 0.1) is 22.4 Å². The van der Waals surface area contributed by atoms with E-state index in [1.807, 2.05) is 11.8 Å². The quantitative estimate of drug-likeness (QED) is 0.708. The van der Waals surface area contributed by atoms with Crippen LogP contribution in [0.5, 0.6) is 0 Å². The average molecular weight is 377 g/mol. The molecule has 1 fully saturated rings. The van der Waals surface area contributed by atoms with Gasteiger partial charge in [-0.3, -0.25) is 4.79 Å². The predicted octanol–water partition coefficient (Wildman–Crippen LogP) is 3.46. The number of aromatic nitrogens is 2. The molecule has 1 N–H and O–H groups in total. The minimum Gasteiger partial charge on any atom is -0.366 e. The number of hydrogen-bond acceptors (Lipinski definition) is 5. The van der Waals surface area contributed by atoms with Crippen molar-refractivity contribution in [3.63, 3.8) is 0 Å². The third-order valence-corrected chi connectivity index (χ3v) is 4.77.